The first kappa shape index (κ1) is 14.0. The van der Waals surface area contributed by atoms with Crippen LogP contribution in [-0.4, -0.2) is 14.0 Å². The predicted molar refractivity (Wildman–Crippen MR) is 90.0 cm³/mol. The van der Waals surface area contributed by atoms with E-state index in [9.17, 15) is 4.39 Å². The third-order valence-electron chi connectivity index (χ3n) is 3.90. The van der Waals surface area contributed by atoms with Crippen LogP contribution in [0.15, 0.2) is 60.9 Å². The number of nitrogens with zero attached hydrogens (tertiary/aromatic N) is 3. The molecule has 2 aromatic heterocycles. The minimum absolute atomic E-state index is 0.240. The predicted octanol–water partition coefficient (Wildman–Crippen LogP) is 4.80. The lowest BCUT2D eigenvalue weighted by Gasteiger charge is -2.02. The quantitative estimate of drug-likeness (QED) is 0.519. The summed E-state index contributed by atoms with van der Waals surface area (Å²) in [6.45, 7) is 0. The fourth-order valence-electron chi connectivity index (χ4n) is 2.73. The highest BCUT2D eigenvalue weighted by Gasteiger charge is 2.12. The number of benzene rings is 2. The van der Waals surface area contributed by atoms with Crippen LogP contribution in [0.3, 0.4) is 0 Å². The van der Waals surface area contributed by atoms with Gasteiger partial charge in [-0.15, -0.1) is 0 Å². The number of hydrogen-bond donors (Lipinski definition) is 0. The van der Waals surface area contributed by atoms with Gasteiger partial charge in [-0.3, -0.25) is 4.40 Å². The molecular weight excluding hydrogens is 313 g/mol. The van der Waals surface area contributed by atoms with Crippen molar-refractivity contribution < 1.29 is 4.39 Å². The maximum Gasteiger partial charge on any atom is 0.214 e. The number of halogens is 2. The van der Waals surface area contributed by atoms with Crippen LogP contribution in [0.1, 0.15) is 0 Å². The summed E-state index contributed by atoms with van der Waals surface area (Å²) < 4.78 is 17.0. The lowest BCUT2D eigenvalue weighted by Crippen LogP contribution is -1.92. The Balaban J connectivity index is 1.81. The van der Waals surface area contributed by atoms with Gasteiger partial charge < -0.3 is 4.57 Å². The third-order valence-corrected chi connectivity index (χ3v) is 4.13. The van der Waals surface area contributed by atoms with E-state index in [4.69, 9.17) is 11.6 Å². The van der Waals surface area contributed by atoms with Crippen molar-refractivity contribution in [2.45, 2.75) is 0 Å². The molecule has 23 heavy (non-hydrogen) atoms. The van der Waals surface area contributed by atoms with Crippen molar-refractivity contribution in [1.82, 2.24) is 14.0 Å². The van der Waals surface area contributed by atoms with Crippen LogP contribution in [0.5, 0.6) is 0 Å². The molecule has 4 aromatic rings. The number of aryl methyl sites for hydroxylation is 1. The molecule has 0 atom stereocenters. The molecule has 0 N–H and O–H groups in total. The molecule has 0 saturated carbocycles. The van der Waals surface area contributed by atoms with E-state index >= 15 is 0 Å². The second-order valence-corrected chi connectivity index (χ2v) is 5.86. The van der Waals surface area contributed by atoms with Gasteiger partial charge in [0.05, 0.1) is 11.4 Å². The van der Waals surface area contributed by atoms with Crippen molar-refractivity contribution in [2.75, 3.05) is 0 Å². The molecule has 0 radical (unpaired) electrons. The molecule has 4 rings (SSSR count). The van der Waals surface area contributed by atoms with E-state index < -0.39 is 0 Å². The Kier molecular flexibility index (Phi) is 3.20. The minimum Gasteiger partial charge on any atom is -0.313 e. The minimum atomic E-state index is -0.240. The fraction of sp³-hybridized carbons (Fsp3) is 0.0556. The van der Waals surface area contributed by atoms with Gasteiger partial charge in [-0.05, 0) is 42.0 Å². The Labute approximate surface area is 137 Å². The Morgan fingerprint density at radius 2 is 1.78 bits per heavy atom. The van der Waals surface area contributed by atoms with Crippen LogP contribution in [-0.2, 0) is 7.05 Å². The van der Waals surface area contributed by atoms with Gasteiger partial charge in [-0.1, -0.05) is 23.7 Å². The SMILES string of the molecule is Cn1c(-c2ccc(F)cc2)cn2cc(-c3cccc(Cl)c3)nc12. The lowest BCUT2D eigenvalue weighted by atomic mass is 10.1. The lowest BCUT2D eigenvalue weighted by molar-refractivity contribution is 0.628. The van der Waals surface area contributed by atoms with Gasteiger partial charge in [0, 0.05) is 30.0 Å². The van der Waals surface area contributed by atoms with Gasteiger partial charge in [0.25, 0.3) is 0 Å². The van der Waals surface area contributed by atoms with Crippen LogP contribution in [0.4, 0.5) is 4.39 Å². The zero-order valence-corrected chi connectivity index (χ0v) is 13.1. The molecule has 0 fully saturated rings. The van der Waals surface area contributed by atoms with Crippen molar-refractivity contribution in [3.05, 3.63) is 71.8 Å². The molecule has 0 unspecified atom stereocenters. The first-order valence-corrected chi connectivity index (χ1v) is 7.56. The summed E-state index contributed by atoms with van der Waals surface area (Å²) in [4.78, 5) is 4.68. The van der Waals surface area contributed by atoms with E-state index in [1.165, 1.54) is 12.1 Å². The van der Waals surface area contributed by atoms with Gasteiger partial charge in [0.2, 0.25) is 5.78 Å². The van der Waals surface area contributed by atoms with E-state index in [1.54, 1.807) is 12.1 Å². The molecule has 2 aromatic carbocycles. The first-order chi connectivity index (χ1) is 11.1. The number of hydrogen-bond acceptors (Lipinski definition) is 1. The van der Waals surface area contributed by atoms with Crippen LogP contribution < -0.4 is 0 Å². The van der Waals surface area contributed by atoms with Gasteiger partial charge >= 0.3 is 0 Å². The molecule has 114 valence electrons. The third kappa shape index (κ3) is 2.41. The van der Waals surface area contributed by atoms with E-state index in [0.29, 0.717) is 5.02 Å². The van der Waals surface area contributed by atoms with Crippen molar-refractivity contribution in [2.24, 2.45) is 7.05 Å². The highest BCUT2D eigenvalue weighted by atomic mass is 35.5. The van der Waals surface area contributed by atoms with Gasteiger partial charge in [0.1, 0.15) is 5.82 Å². The Bertz CT molecular complexity index is 999. The fourth-order valence-corrected chi connectivity index (χ4v) is 2.92. The summed E-state index contributed by atoms with van der Waals surface area (Å²) in [6, 6.07) is 14.1. The maximum atomic E-state index is 13.1. The molecule has 3 nitrogen and oxygen atoms in total. The number of aromatic nitrogens is 3. The number of fused-ring (bicyclic) bond motifs is 1. The number of rotatable bonds is 2. The highest BCUT2D eigenvalue weighted by Crippen LogP contribution is 2.26. The highest BCUT2D eigenvalue weighted by molar-refractivity contribution is 6.30. The van der Waals surface area contributed by atoms with Gasteiger partial charge in [-0.25, -0.2) is 9.37 Å². The Morgan fingerprint density at radius 1 is 1.00 bits per heavy atom. The van der Waals surface area contributed by atoms with E-state index in [0.717, 1.165) is 28.3 Å². The monoisotopic (exact) mass is 325 g/mol. The molecule has 0 aliphatic carbocycles. The average Bonchev–Trinajstić information content (AvgIpc) is 3.08. The van der Waals surface area contributed by atoms with Gasteiger partial charge in [0.15, 0.2) is 0 Å². The molecule has 0 spiro atoms. The molecule has 2 heterocycles. The molecule has 0 amide bonds. The van der Waals surface area contributed by atoms with Crippen molar-refractivity contribution in [3.8, 4) is 22.5 Å². The smallest absolute Gasteiger partial charge is 0.214 e. The van der Waals surface area contributed by atoms with Crippen LogP contribution in [0, 0.1) is 5.82 Å². The van der Waals surface area contributed by atoms with Crippen molar-refractivity contribution >= 4 is 17.4 Å². The summed E-state index contributed by atoms with van der Waals surface area (Å²) in [5, 5.41) is 0.687. The summed E-state index contributed by atoms with van der Waals surface area (Å²) in [5.41, 5.74) is 3.77. The number of imidazole rings is 2. The van der Waals surface area contributed by atoms with Crippen LogP contribution in [0.25, 0.3) is 28.3 Å². The van der Waals surface area contributed by atoms with E-state index in [1.807, 2.05) is 52.7 Å². The summed E-state index contributed by atoms with van der Waals surface area (Å²) in [6.07, 6.45) is 3.96. The van der Waals surface area contributed by atoms with Crippen LogP contribution in [0.2, 0.25) is 5.02 Å². The van der Waals surface area contributed by atoms with E-state index in [-0.39, 0.29) is 5.82 Å². The summed E-state index contributed by atoms with van der Waals surface area (Å²) in [5.74, 6) is 0.579. The van der Waals surface area contributed by atoms with Crippen molar-refractivity contribution in [1.29, 1.82) is 0 Å². The largest absolute Gasteiger partial charge is 0.313 e. The molecule has 0 bridgehead atoms. The normalized spacial score (nSPS) is 11.3. The molecule has 0 aliphatic rings. The van der Waals surface area contributed by atoms with Crippen LogP contribution >= 0.6 is 11.6 Å². The molecular formula is C18H13ClFN3. The second-order valence-electron chi connectivity index (χ2n) is 5.42. The average molecular weight is 326 g/mol. The van der Waals surface area contributed by atoms with E-state index in [2.05, 4.69) is 4.98 Å². The first-order valence-electron chi connectivity index (χ1n) is 7.18. The molecule has 5 heteroatoms. The Hall–Kier alpha value is -2.59. The molecule has 0 saturated heterocycles. The molecule has 0 aliphatic heterocycles. The zero-order valence-electron chi connectivity index (χ0n) is 12.4. The Morgan fingerprint density at radius 3 is 2.48 bits per heavy atom. The standard InChI is InChI=1S/C18H13ClFN3/c1-22-17(12-5-7-15(20)8-6-12)11-23-10-16(21-18(22)23)13-3-2-4-14(19)9-13/h2-11H,1H3. The zero-order chi connectivity index (χ0) is 16.0. The second kappa shape index (κ2) is 5.25. The maximum absolute atomic E-state index is 13.1. The summed E-state index contributed by atoms with van der Waals surface area (Å²) in [7, 11) is 1.95. The summed E-state index contributed by atoms with van der Waals surface area (Å²) >= 11 is 6.05. The van der Waals surface area contributed by atoms with Gasteiger partial charge in [-0.2, -0.15) is 0 Å². The topological polar surface area (TPSA) is 22.2 Å². The van der Waals surface area contributed by atoms with Crippen molar-refractivity contribution in [3.63, 3.8) is 0 Å².